The normalized spacial score (nSPS) is 17.9. The van der Waals surface area contributed by atoms with Crippen LogP contribution in [0.4, 0.5) is 0 Å². The zero-order valence-corrected chi connectivity index (χ0v) is 9.34. The average molecular weight is 256 g/mol. The molecule has 2 rings (SSSR count). The van der Waals surface area contributed by atoms with Gasteiger partial charge in [0.25, 0.3) is 0 Å². The minimum absolute atomic E-state index is 0.671. The first kappa shape index (κ1) is 9.65. The third-order valence-electron chi connectivity index (χ3n) is 2.69. The number of aryl methyl sites for hydroxylation is 1. The number of aliphatic carboxylic acids is 1. The van der Waals surface area contributed by atoms with Gasteiger partial charge in [0, 0.05) is 10.7 Å². The first-order chi connectivity index (χ1) is 6.58. The number of carboxylic acid groups (broad SMARTS) is 1. The fraction of sp³-hybridized carbons (Fsp3) is 0.400. The van der Waals surface area contributed by atoms with Crippen LogP contribution in [0, 0.1) is 6.92 Å². The van der Waals surface area contributed by atoms with E-state index in [2.05, 4.69) is 20.9 Å². The Morgan fingerprint density at radius 1 is 1.64 bits per heavy atom. The summed E-state index contributed by atoms with van der Waals surface area (Å²) < 4.78 is 0.833. The fourth-order valence-corrected chi connectivity index (χ4v) is 2.16. The second kappa shape index (κ2) is 3.05. The maximum atomic E-state index is 11.1. The summed E-state index contributed by atoms with van der Waals surface area (Å²) in [6, 6.07) is 1.87. The van der Waals surface area contributed by atoms with Gasteiger partial charge in [0.05, 0.1) is 5.69 Å². The van der Waals surface area contributed by atoms with E-state index in [0.717, 1.165) is 10.0 Å². The van der Waals surface area contributed by atoms with Crippen LogP contribution in [0.25, 0.3) is 0 Å². The average Bonchev–Trinajstić information content (AvgIpc) is 2.90. The van der Waals surface area contributed by atoms with Gasteiger partial charge in [0.2, 0.25) is 0 Å². The minimum atomic E-state index is -0.767. The van der Waals surface area contributed by atoms with E-state index in [4.69, 9.17) is 5.11 Å². The zero-order valence-electron chi connectivity index (χ0n) is 7.75. The molecule has 74 valence electrons. The Labute approximate surface area is 90.3 Å². The number of rotatable bonds is 2. The molecule has 0 aliphatic heterocycles. The van der Waals surface area contributed by atoms with E-state index in [-0.39, 0.29) is 0 Å². The number of carbonyl (C=O) groups is 1. The lowest BCUT2D eigenvalue weighted by Crippen LogP contribution is -2.21. The van der Waals surface area contributed by atoms with Crippen molar-refractivity contribution in [2.24, 2.45) is 0 Å². The van der Waals surface area contributed by atoms with Crippen LogP contribution in [-0.4, -0.2) is 16.1 Å². The quantitative estimate of drug-likeness (QED) is 0.882. The predicted molar refractivity (Wildman–Crippen MR) is 55.2 cm³/mol. The van der Waals surface area contributed by atoms with Crippen LogP contribution < -0.4 is 0 Å². The van der Waals surface area contributed by atoms with Crippen LogP contribution in [0.5, 0.6) is 0 Å². The molecule has 0 spiro atoms. The van der Waals surface area contributed by atoms with Crippen molar-refractivity contribution in [3.05, 3.63) is 28.0 Å². The molecule has 0 unspecified atom stereocenters. The van der Waals surface area contributed by atoms with E-state index in [0.29, 0.717) is 18.5 Å². The fourth-order valence-electron chi connectivity index (χ4n) is 1.55. The van der Waals surface area contributed by atoms with Crippen LogP contribution in [0.2, 0.25) is 0 Å². The van der Waals surface area contributed by atoms with Gasteiger partial charge in [-0.2, -0.15) is 0 Å². The molecule has 0 radical (unpaired) electrons. The Morgan fingerprint density at radius 2 is 2.29 bits per heavy atom. The Balaban J connectivity index is 2.52. The van der Waals surface area contributed by atoms with Crippen LogP contribution in [0.1, 0.15) is 24.1 Å². The van der Waals surface area contributed by atoms with Crippen LogP contribution in [0.15, 0.2) is 16.7 Å². The zero-order chi connectivity index (χ0) is 10.3. The first-order valence-electron chi connectivity index (χ1n) is 4.43. The Morgan fingerprint density at radius 3 is 2.79 bits per heavy atom. The molecule has 0 saturated heterocycles. The molecular formula is C10H10BrNO2. The van der Waals surface area contributed by atoms with Crippen LogP contribution >= 0.6 is 15.9 Å². The molecule has 0 bridgehead atoms. The van der Waals surface area contributed by atoms with Crippen molar-refractivity contribution in [3.8, 4) is 0 Å². The van der Waals surface area contributed by atoms with E-state index >= 15 is 0 Å². The molecule has 1 aliphatic carbocycles. The van der Waals surface area contributed by atoms with Gasteiger partial charge in [-0.1, -0.05) is 0 Å². The van der Waals surface area contributed by atoms with Gasteiger partial charge in [-0.3, -0.25) is 9.78 Å². The van der Waals surface area contributed by atoms with Crippen molar-refractivity contribution in [1.82, 2.24) is 4.98 Å². The van der Waals surface area contributed by atoms with Crippen molar-refractivity contribution in [2.75, 3.05) is 0 Å². The first-order valence-corrected chi connectivity index (χ1v) is 5.22. The number of pyridine rings is 1. The van der Waals surface area contributed by atoms with Gasteiger partial charge in [0.1, 0.15) is 5.41 Å². The number of nitrogens with zero attached hydrogens (tertiary/aromatic N) is 1. The van der Waals surface area contributed by atoms with Crippen molar-refractivity contribution in [3.63, 3.8) is 0 Å². The van der Waals surface area contributed by atoms with Crippen LogP contribution in [0.3, 0.4) is 0 Å². The van der Waals surface area contributed by atoms with Crippen molar-refractivity contribution in [1.29, 1.82) is 0 Å². The summed E-state index contributed by atoms with van der Waals surface area (Å²) in [4.78, 5) is 15.3. The standard InChI is InChI=1S/C10H10BrNO2/c1-6-2-5-12-8(7(6)11)10(3-4-10)9(13)14/h2,5H,3-4H2,1H3,(H,13,14). The summed E-state index contributed by atoms with van der Waals surface area (Å²) in [5.41, 5.74) is 0.984. The summed E-state index contributed by atoms with van der Waals surface area (Å²) >= 11 is 3.40. The highest BCUT2D eigenvalue weighted by molar-refractivity contribution is 9.10. The number of carboxylic acids is 1. The molecule has 4 heteroatoms. The third-order valence-corrected chi connectivity index (χ3v) is 3.70. The van der Waals surface area contributed by atoms with Crippen molar-refractivity contribution < 1.29 is 9.90 Å². The summed E-state index contributed by atoms with van der Waals surface area (Å²) in [5, 5.41) is 9.11. The van der Waals surface area contributed by atoms with E-state index in [1.54, 1.807) is 6.20 Å². The largest absolute Gasteiger partial charge is 0.481 e. The molecule has 14 heavy (non-hydrogen) atoms. The maximum absolute atomic E-state index is 11.1. The summed E-state index contributed by atoms with van der Waals surface area (Å²) in [6.07, 6.45) is 3.05. The Hall–Kier alpha value is -0.900. The topological polar surface area (TPSA) is 50.2 Å². The molecule has 0 amide bonds. The second-order valence-electron chi connectivity index (χ2n) is 3.68. The molecule has 1 fully saturated rings. The van der Waals surface area contributed by atoms with E-state index < -0.39 is 11.4 Å². The lowest BCUT2D eigenvalue weighted by molar-refractivity contribution is -0.140. The molecule has 0 atom stereocenters. The lowest BCUT2D eigenvalue weighted by atomic mass is 10.0. The van der Waals surface area contributed by atoms with Gasteiger partial charge >= 0.3 is 5.97 Å². The highest BCUT2D eigenvalue weighted by Gasteiger charge is 2.54. The van der Waals surface area contributed by atoms with E-state index in [1.165, 1.54) is 0 Å². The lowest BCUT2D eigenvalue weighted by Gasteiger charge is -2.12. The number of hydrogen-bond acceptors (Lipinski definition) is 2. The number of hydrogen-bond donors (Lipinski definition) is 1. The minimum Gasteiger partial charge on any atom is -0.481 e. The van der Waals surface area contributed by atoms with Gasteiger partial charge < -0.3 is 5.11 Å². The number of halogens is 1. The van der Waals surface area contributed by atoms with Crippen molar-refractivity contribution >= 4 is 21.9 Å². The molecule has 1 aromatic heterocycles. The Kier molecular flexibility index (Phi) is 2.10. The van der Waals surface area contributed by atoms with Gasteiger partial charge in [-0.15, -0.1) is 0 Å². The molecule has 1 N–H and O–H groups in total. The van der Waals surface area contributed by atoms with E-state index in [9.17, 15) is 4.79 Å². The molecule has 1 aromatic rings. The maximum Gasteiger partial charge on any atom is 0.315 e. The van der Waals surface area contributed by atoms with Gasteiger partial charge in [-0.25, -0.2) is 0 Å². The Bertz CT molecular complexity index is 399. The molecule has 0 aromatic carbocycles. The predicted octanol–water partition coefficient (Wildman–Crippen LogP) is 2.27. The molecule has 1 heterocycles. The molecular weight excluding hydrogens is 246 g/mol. The van der Waals surface area contributed by atoms with Crippen LogP contribution in [-0.2, 0) is 10.2 Å². The SMILES string of the molecule is Cc1ccnc(C2(C(=O)O)CC2)c1Br. The second-order valence-corrected chi connectivity index (χ2v) is 4.47. The van der Waals surface area contributed by atoms with Crippen molar-refractivity contribution in [2.45, 2.75) is 25.2 Å². The highest BCUT2D eigenvalue weighted by atomic mass is 79.9. The van der Waals surface area contributed by atoms with Gasteiger partial charge in [0.15, 0.2) is 0 Å². The molecule has 1 saturated carbocycles. The molecule has 1 aliphatic rings. The smallest absolute Gasteiger partial charge is 0.315 e. The summed E-state index contributed by atoms with van der Waals surface area (Å²) in [5.74, 6) is -0.767. The van der Waals surface area contributed by atoms with E-state index in [1.807, 2.05) is 13.0 Å². The monoisotopic (exact) mass is 255 g/mol. The summed E-state index contributed by atoms with van der Waals surface area (Å²) in [7, 11) is 0. The summed E-state index contributed by atoms with van der Waals surface area (Å²) in [6.45, 7) is 1.94. The molecule has 3 nitrogen and oxygen atoms in total. The number of aromatic nitrogens is 1. The third kappa shape index (κ3) is 1.25. The highest BCUT2D eigenvalue weighted by Crippen LogP contribution is 2.50. The van der Waals surface area contributed by atoms with Gasteiger partial charge in [-0.05, 0) is 47.3 Å².